The van der Waals surface area contributed by atoms with Crippen LogP contribution in [0.15, 0.2) is 23.6 Å². The van der Waals surface area contributed by atoms with E-state index < -0.39 is 76.2 Å². The Morgan fingerprint density at radius 1 is 1.28 bits per heavy atom. The summed E-state index contributed by atoms with van der Waals surface area (Å²) in [4.78, 5) is 60.9. The average molecular weight is 758 g/mol. The molecule has 4 aromatic heterocycles. The van der Waals surface area contributed by atoms with Crippen molar-refractivity contribution < 1.29 is 46.6 Å². The number of hydrogen-bond acceptors (Lipinski definition) is 15. The second-order valence-corrected chi connectivity index (χ2v) is 14.8. The van der Waals surface area contributed by atoms with E-state index in [0.717, 1.165) is 10.9 Å². The summed E-state index contributed by atoms with van der Waals surface area (Å²) in [5.41, 5.74) is -0.180. The fourth-order valence-electron chi connectivity index (χ4n) is 4.92. The molecule has 0 aromatic carbocycles. The van der Waals surface area contributed by atoms with Crippen LogP contribution in [0.4, 0.5) is 10.3 Å². The van der Waals surface area contributed by atoms with Gasteiger partial charge in [-0.15, -0.1) is 9.42 Å². The summed E-state index contributed by atoms with van der Waals surface area (Å²) in [6.45, 7) is 6.99. The molecule has 0 radical (unpaired) electrons. The van der Waals surface area contributed by atoms with Crippen LogP contribution in [-0.4, -0.2) is 99.7 Å². The van der Waals surface area contributed by atoms with Crippen LogP contribution in [0.3, 0.4) is 0 Å². The number of nitrogens with zero attached hydrogens (tertiary/aromatic N) is 8. The van der Waals surface area contributed by atoms with Crippen LogP contribution in [0.5, 0.6) is 0 Å². The molecule has 5 rings (SSSR count). The number of alkyl halides is 1. The van der Waals surface area contributed by atoms with E-state index in [1.54, 1.807) is 25.3 Å². The van der Waals surface area contributed by atoms with Crippen molar-refractivity contribution in [2.45, 2.75) is 58.0 Å². The highest BCUT2D eigenvalue weighted by atomic mass is 32.5. The lowest BCUT2D eigenvalue weighted by atomic mass is 10.1. The maximum absolute atomic E-state index is 15.9. The van der Waals surface area contributed by atoms with E-state index in [1.807, 2.05) is 0 Å². The quantitative estimate of drug-likeness (QED) is 0.0726. The van der Waals surface area contributed by atoms with E-state index in [-0.39, 0.29) is 42.7 Å². The van der Waals surface area contributed by atoms with Crippen LogP contribution in [-0.2, 0) is 50.6 Å². The fraction of sp³-hybridized carbons (Fsp3) is 0.538. The molecular weight excluding hydrogens is 725 g/mol. The van der Waals surface area contributed by atoms with Gasteiger partial charge in [0, 0.05) is 10.5 Å². The van der Waals surface area contributed by atoms with Gasteiger partial charge in [0.25, 0.3) is 5.56 Å². The molecule has 2 unspecified atom stereocenters. The summed E-state index contributed by atoms with van der Waals surface area (Å²) in [5, 5.41) is 12.3. The van der Waals surface area contributed by atoms with E-state index in [9.17, 15) is 24.2 Å². The van der Waals surface area contributed by atoms with Crippen molar-refractivity contribution in [1.82, 2.24) is 39.0 Å². The largest absolute Gasteiger partial charge is 0.695 e. The first-order valence-corrected chi connectivity index (χ1v) is 18.6. The van der Waals surface area contributed by atoms with Crippen molar-refractivity contribution in [3.63, 3.8) is 0 Å². The molecule has 1 amide bonds. The second kappa shape index (κ2) is 16.1. The van der Waals surface area contributed by atoms with Gasteiger partial charge in [0.1, 0.15) is 37.0 Å². The average Bonchev–Trinajstić information content (AvgIpc) is 3.76. The first-order valence-electron chi connectivity index (χ1n) is 14.9. The molecule has 0 bridgehead atoms. The van der Waals surface area contributed by atoms with Crippen LogP contribution in [0.1, 0.15) is 38.9 Å². The van der Waals surface area contributed by atoms with Gasteiger partial charge in [0.05, 0.1) is 31.8 Å². The SMILES string of the molecule is [C-]#[N+]CCOP(=S)(OC[C@H]1O[C@@H](n2cnc3c(=O)[nH]c(NC(=O)C(C)C)nc32)[C@H](O[P+](=O)O)[C@@H]1F)OC[C@H](C)n1c(CO)nc2cncnc21. The lowest BCUT2D eigenvalue weighted by Crippen LogP contribution is -2.31. The first-order chi connectivity index (χ1) is 23.9. The number of rotatable bonds is 16. The summed E-state index contributed by atoms with van der Waals surface area (Å²) in [7, 11) is -3.34. The van der Waals surface area contributed by atoms with Crippen molar-refractivity contribution in [3.8, 4) is 0 Å². The molecule has 268 valence electrons. The van der Waals surface area contributed by atoms with Gasteiger partial charge in [0.15, 0.2) is 35.3 Å². The van der Waals surface area contributed by atoms with Gasteiger partial charge in [0.2, 0.25) is 18.4 Å². The van der Waals surface area contributed by atoms with Gasteiger partial charge >= 0.3 is 15.0 Å². The molecule has 50 heavy (non-hydrogen) atoms. The number of nitrogens with one attached hydrogen (secondary N) is 2. The van der Waals surface area contributed by atoms with Gasteiger partial charge < -0.3 is 32.8 Å². The van der Waals surface area contributed by atoms with Gasteiger partial charge in [-0.05, 0) is 18.7 Å². The number of amides is 1. The highest BCUT2D eigenvalue weighted by Crippen LogP contribution is 2.51. The Bertz CT molecular complexity index is 2020. The van der Waals surface area contributed by atoms with Crippen molar-refractivity contribution in [1.29, 1.82) is 0 Å². The number of carbonyl (C=O) groups excluding carboxylic acids is 1. The van der Waals surface area contributed by atoms with Crippen LogP contribution in [0.25, 0.3) is 27.2 Å². The molecule has 1 fully saturated rings. The van der Waals surface area contributed by atoms with Crippen LogP contribution >= 0.6 is 15.0 Å². The van der Waals surface area contributed by atoms with Crippen LogP contribution < -0.4 is 10.9 Å². The fourth-order valence-corrected chi connectivity index (χ4v) is 7.20. The number of anilines is 1. The van der Waals surface area contributed by atoms with Crippen molar-refractivity contribution in [3.05, 3.63) is 46.4 Å². The van der Waals surface area contributed by atoms with Crippen molar-refractivity contribution in [2.75, 3.05) is 31.7 Å². The molecule has 1 aliphatic rings. The number of hydrogen-bond donors (Lipinski definition) is 4. The summed E-state index contributed by atoms with van der Waals surface area (Å²) >= 11 is 5.59. The van der Waals surface area contributed by atoms with Gasteiger partial charge in [-0.3, -0.25) is 24.5 Å². The third-order valence-corrected chi connectivity index (χ3v) is 10.1. The molecule has 20 nitrogen and oxygen atoms in total. The van der Waals surface area contributed by atoms with Crippen molar-refractivity contribution >= 4 is 61.0 Å². The highest BCUT2D eigenvalue weighted by molar-refractivity contribution is 8.07. The molecule has 4 aromatic rings. The predicted octanol–water partition coefficient (Wildman–Crippen LogP) is 2.07. The van der Waals surface area contributed by atoms with Gasteiger partial charge in [-0.25, -0.2) is 30.9 Å². The molecule has 1 aliphatic heterocycles. The number of H-pyrrole nitrogens is 1. The Balaban J connectivity index is 1.37. The molecule has 1 saturated heterocycles. The Hall–Kier alpha value is -3.74. The number of ether oxygens (including phenoxy) is 1. The number of aliphatic hydroxyl groups excluding tert-OH is 1. The van der Waals surface area contributed by atoms with E-state index in [4.69, 9.17) is 41.2 Å². The zero-order chi connectivity index (χ0) is 36.2. The monoisotopic (exact) mass is 757 g/mol. The summed E-state index contributed by atoms with van der Waals surface area (Å²) < 4.78 is 58.8. The summed E-state index contributed by atoms with van der Waals surface area (Å²) in [5.74, 6) is -0.811. The molecule has 5 heterocycles. The minimum Gasteiger partial charge on any atom is -0.388 e. The minimum absolute atomic E-state index is 0.0783. The molecule has 0 saturated carbocycles. The lowest BCUT2D eigenvalue weighted by molar-refractivity contribution is -0.118. The zero-order valence-corrected chi connectivity index (χ0v) is 29.3. The topological polar surface area (TPSA) is 244 Å². The second-order valence-electron chi connectivity index (χ2n) is 11.1. The maximum Gasteiger partial charge on any atom is 0.695 e. The van der Waals surface area contributed by atoms with E-state index in [1.165, 1.54) is 12.5 Å². The third-order valence-electron chi connectivity index (χ3n) is 7.28. The minimum atomic E-state index is -3.72. The van der Waals surface area contributed by atoms with Crippen LogP contribution in [0.2, 0.25) is 0 Å². The Kier molecular flexibility index (Phi) is 12.1. The Morgan fingerprint density at radius 3 is 2.76 bits per heavy atom. The molecule has 0 spiro atoms. The molecule has 4 N–H and O–H groups in total. The molecular formula is C26H32FN10O10P2S+. The smallest absolute Gasteiger partial charge is 0.388 e. The van der Waals surface area contributed by atoms with E-state index >= 15 is 4.39 Å². The van der Waals surface area contributed by atoms with E-state index in [2.05, 4.69) is 40.1 Å². The number of imidazole rings is 2. The normalized spacial score (nSPS) is 21.4. The predicted molar refractivity (Wildman–Crippen MR) is 175 cm³/mol. The van der Waals surface area contributed by atoms with Gasteiger partial charge in [-0.1, -0.05) is 13.8 Å². The van der Waals surface area contributed by atoms with E-state index in [0.29, 0.717) is 11.2 Å². The van der Waals surface area contributed by atoms with Crippen LogP contribution in [0, 0.1) is 12.5 Å². The standard InChI is InChI=1S/C26H31FN10O10P2S/c1-13(2)23(39)34-26-33-22-19(24(40)35-26)31-12-36(22)25-20(47-48(41)42)18(27)16(46-25)10-45-49(50,43-6-5-28-4)44-9-14(3)37-17(8-38)32-15-7-29-11-30-21(15)37/h7,11-14,16,18,20,25,38H,5-6,8-10H2,1-3H3,(H2-,33,34,35,39,40,41,42)/p+1/t14-,16+,18+,20+,25+,49?/m0/s1. The Labute approximate surface area is 288 Å². The highest BCUT2D eigenvalue weighted by Gasteiger charge is 2.52. The molecule has 0 aliphatic carbocycles. The van der Waals surface area contributed by atoms with Gasteiger partial charge in [-0.2, -0.15) is 4.98 Å². The molecule has 24 heteroatoms. The summed E-state index contributed by atoms with van der Waals surface area (Å²) in [6, 6.07) is -0.521. The number of aliphatic hydroxyl groups is 1. The zero-order valence-electron chi connectivity index (χ0n) is 26.7. The number of aromatic amines is 1. The molecule has 7 atom stereocenters. The first kappa shape index (κ1) is 37.5. The number of carbonyl (C=O) groups is 1. The number of fused-ring (bicyclic) bond motifs is 2. The maximum atomic E-state index is 15.9. The third kappa shape index (κ3) is 8.24. The number of halogens is 1. The summed E-state index contributed by atoms with van der Waals surface area (Å²) in [6.07, 6.45) is -2.87. The lowest BCUT2D eigenvalue weighted by Gasteiger charge is -2.25. The number of aromatic nitrogens is 8. The van der Waals surface area contributed by atoms with Crippen molar-refractivity contribution in [2.24, 2.45) is 5.92 Å². The Morgan fingerprint density at radius 2 is 2.06 bits per heavy atom.